The fraction of sp³-hybridized carbons (Fsp3) is 0.0800. The Kier molecular flexibility index (Phi) is 5.47. The number of nitrogens with one attached hydrogen (secondary N) is 1. The summed E-state index contributed by atoms with van der Waals surface area (Å²) in [5.41, 5.74) is 1.49. The van der Waals surface area contributed by atoms with Crippen molar-refractivity contribution in [3.63, 3.8) is 0 Å². The van der Waals surface area contributed by atoms with Crippen LogP contribution in [-0.4, -0.2) is 27.2 Å². The number of aromatic nitrogens is 3. The van der Waals surface area contributed by atoms with E-state index in [0.29, 0.717) is 34.6 Å². The third-order valence-electron chi connectivity index (χ3n) is 4.84. The van der Waals surface area contributed by atoms with Crippen molar-refractivity contribution in [1.82, 2.24) is 14.5 Å². The highest BCUT2D eigenvalue weighted by atomic mass is 16.7. The van der Waals surface area contributed by atoms with E-state index in [0.717, 1.165) is 11.4 Å². The highest BCUT2D eigenvalue weighted by Crippen LogP contribution is 2.32. The molecule has 2 aromatic carbocycles. The normalized spacial score (nSPS) is 12.2. The van der Waals surface area contributed by atoms with Crippen LogP contribution >= 0.6 is 0 Å². The second-order valence-corrected chi connectivity index (χ2v) is 7.26. The summed E-state index contributed by atoms with van der Waals surface area (Å²) in [4.78, 5) is 21.0. The minimum atomic E-state index is -0.246. The van der Waals surface area contributed by atoms with Crippen molar-refractivity contribution >= 4 is 17.7 Å². The fourth-order valence-electron chi connectivity index (χ4n) is 3.30. The van der Waals surface area contributed by atoms with Crippen LogP contribution in [0.25, 0.3) is 11.9 Å². The molecular weight excluding hydrogens is 420 g/mol. The summed E-state index contributed by atoms with van der Waals surface area (Å²) in [6.45, 7) is 2.03. The second-order valence-electron chi connectivity index (χ2n) is 7.26. The van der Waals surface area contributed by atoms with Crippen LogP contribution in [0.4, 0.5) is 5.69 Å². The van der Waals surface area contributed by atoms with E-state index < -0.39 is 0 Å². The number of hydrogen-bond acceptors (Lipinski definition) is 6. The molecule has 0 unspecified atom stereocenters. The van der Waals surface area contributed by atoms with Gasteiger partial charge in [-0.05, 0) is 67.1 Å². The molecule has 0 atom stereocenters. The number of hydrogen-bond donors (Lipinski definition) is 1. The molecule has 33 heavy (non-hydrogen) atoms. The van der Waals surface area contributed by atoms with Crippen molar-refractivity contribution in [1.29, 1.82) is 0 Å². The van der Waals surface area contributed by atoms with Gasteiger partial charge >= 0.3 is 0 Å². The van der Waals surface area contributed by atoms with E-state index in [1.54, 1.807) is 36.4 Å². The Hall–Kier alpha value is -4.59. The highest BCUT2D eigenvalue weighted by molar-refractivity contribution is 6.02. The smallest absolute Gasteiger partial charge is 0.248 e. The van der Waals surface area contributed by atoms with Crippen molar-refractivity contribution in [3.8, 4) is 28.9 Å². The topological polar surface area (TPSA) is 87.5 Å². The van der Waals surface area contributed by atoms with Gasteiger partial charge in [0.05, 0.1) is 0 Å². The Balaban J connectivity index is 1.21. The van der Waals surface area contributed by atoms with Crippen LogP contribution in [0.1, 0.15) is 11.4 Å². The maximum absolute atomic E-state index is 12.3. The van der Waals surface area contributed by atoms with Crippen LogP contribution in [0.2, 0.25) is 0 Å². The maximum atomic E-state index is 12.3. The molecule has 1 aliphatic heterocycles. The minimum Gasteiger partial charge on any atom is -0.454 e. The Morgan fingerprint density at radius 1 is 1.03 bits per heavy atom. The van der Waals surface area contributed by atoms with E-state index in [4.69, 9.17) is 14.2 Å². The van der Waals surface area contributed by atoms with E-state index in [-0.39, 0.29) is 12.7 Å². The highest BCUT2D eigenvalue weighted by Gasteiger charge is 2.12. The molecule has 0 bridgehead atoms. The molecule has 0 saturated heterocycles. The summed E-state index contributed by atoms with van der Waals surface area (Å²) in [7, 11) is 0. The summed E-state index contributed by atoms with van der Waals surface area (Å²) in [5.74, 6) is 3.50. The first-order chi connectivity index (χ1) is 16.1. The van der Waals surface area contributed by atoms with Crippen molar-refractivity contribution in [3.05, 3.63) is 90.5 Å². The van der Waals surface area contributed by atoms with Gasteiger partial charge in [-0.1, -0.05) is 6.07 Å². The molecule has 1 N–H and O–H groups in total. The molecule has 164 valence electrons. The summed E-state index contributed by atoms with van der Waals surface area (Å²) in [6, 6.07) is 18.2. The minimum absolute atomic E-state index is 0.216. The van der Waals surface area contributed by atoms with Gasteiger partial charge in [0.25, 0.3) is 0 Å². The number of ether oxygens (including phenoxy) is 3. The van der Waals surface area contributed by atoms with E-state index >= 15 is 0 Å². The summed E-state index contributed by atoms with van der Waals surface area (Å²) in [6.07, 6.45) is 7.00. The van der Waals surface area contributed by atoms with Crippen molar-refractivity contribution in [2.75, 3.05) is 12.1 Å². The van der Waals surface area contributed by atoms with Crippen LogP contribution in [-0.2, 0) is 4.79 Å². The maximum Gasteiger partial charge on any atom is 0.248 e. The van der Waals surface area contributed by atoms with Gasteiger partial charge in [-0.25, -0.2) is 4.98 Å². The average Bonchev–Trinajstić information content (AvgIpc) is 3.50. The predicted octanol–water partition coefficient (Wildman–Crippen LogP) is 4.75. The third kappa shape index (κ3) is 4.85. The first-order valence-electron chi connectivity index (χ1n) is 10.3. The van der Waals surface area contributed by atoms with Crippen molar-refractivity contribution in [2.45, 2.75) is 6.92 Å². The third-order valence-corrected chi connectivity index (χ3v) is 4.84. The molecular formula is C25H20N4O4. The van der Waals surface area contributed by atoms with Gasteiger partial charge in [0.15, 0.2) is 11.5 Å². The molecule has 0 radical (unpaired) electrons. The molecule has 0 spiro atoms. The van der Waals surface area contributed by atoms with Gasteiger partial charge in [0, 0.05) is 30.2 Å². The van der Waals surface area contributed by atoms with Gasteiger partial charge < -0.3 is 24.1 Å². The standard InChI is InChI=1S/C25H20N4O4/c1-17-26-23(29-12-2-3-13-29)15-25(27-17)33-20-8-6-19(7-9-20)28-24(30)11-5-18-4-10-21-22(14-18)32-16-31-21/h2-15H,16H2,1H3,(H,28,30)/b11-5+. The van der Waals surface area contributed by atoms with Gasteiger partial charge in [-0.3, -0.25) is 4.79 Å². The first-order valence-corrected chi connectivity index (χ1v) is 10.3. The van der Waals surface area contributed by atoms with Crippen LogP contribution in [0.3, 0.4) is 0 Å². The van der Waals surface area contributed by atoms with E-state index in [1.165, 1.54) is 6.08 Å². The number of benzene rings is 2. The Labute approximate surface area is 190 Å². The lowest BCUT2D eigenvalue weighted by Crippen LogP contribution is -2.07. The predicted molar refractivity (Wildman–Crippen MR) is 123 cm³/mol. The summed E-state index contributed by atoms with van der Waals surface area (Å²) >= 11 is 0. The lowest BCUT2D eigenvalue weighted by Gasteiger charge is -2.09. The Morgan fingerprint density at radius 3 is 2.64 bits per heavy atom. The average molecular weight is 440 g/mol. The largest absolute Gasteiger partial charge is 0.454 e. The van der Waals surface area contributed by atoms with Gasteiger partial charge in [0.2, 0.25) is 18.6 Å². The lowest BCUT2D eigenvalue weighted by atomic mass is 10.2. The zero-order chi connectivity index (χ0) is 22.6. The molecule has 4 aromatic rings. The SMILES string of the molecule is Cc1nc(Oc2ccc(NC(=O)/C=C/c3ccc4c(c3)OCO4)cc2)cc(-n2cccc2)n1. The first kappa shape index (κ1) is 20.3. The van der Waals surface area contributed by atoms with Crippen molar-refractivity contribution < 1.29 is 19.0 Å². The number of anilines is 1. The Bertz CT molecular complexity index is 1320. The van der Waals surface area contributed by atoms with Gasteiger partial charge in [-0.2, -0.15) is 4.98 Å². The van der Waals surface area contributed by atoms with Gasteiger partial charge in [0.1, 0.15) is 17.4 Å². The monoisotopic (exact) mass is 440 g/mol. The lowest BCUT2D eigenvalue weighted by molar-refractivity contribution is -0.111. The quantitative estimate of drug-likeness (QED) is 0.436. The van der Waals surface area contributed by atoms with Crippen LogP contribution in [0.5, 0.6) is 23.1 Å². The molecule has 0 aliphatic carbocycles. The number of fused-ring (bicyclic) bond motifs is 1. The van der Waals surface area contributed by atoms with E-state index in [9.17, 15) is 4.79 Å². The zero-order valence-electron chi connectivity index (χ0n) is 17.8. The molecule has 3 heterocycles. The molecule has 0 saturated carbocycles. The van der Waals surface area contributed by atoms with E-state index in [2.05, 4.69) is 15.3 Å². The van der Waals surface area contributed by atoms with Crippen molar-refractivity contribution in [2.24, 2.45) is 0 Å². The fourth-order valence-corrected chi connectivity index (χ4v) is 3.30. The molecule has 8 nitrogen and oxygen atoms in total. The number of amides is 1. The number of aryl methyl sites for hydroxylation is 1. The van der Waals surface area contributed by atoms with Crippen LogP contribution in [0.15, 0.2) is 79.1 Å². The Morgan fingerprint density at radius 2 is 1.82 bits per heavy atom. The summed E-state index contributed by atoms with van der Waals surface area (Å²) in [5, 5.41) is 2.83. The molecule has 5 rings (SSSR count). The zero-order valence-corrected chi connectivity index (χ0v) is 17.8. The number of carbonyl (C=O) groups is 1. The van der Waals surface area contributed by atoms with Crippen LogP contribution < -0.4 is 19.5 Å². The second kappa shape index (κ2) is 8.88. The number of rotatable bonds is 6. The molecule has 8 heteroatoms. The molecule has 1 aliphatic rings. The molecule has 1 amide bonds. The molecule has 2 aromatic heterocycles. The number of carbonyl (C=O) groups excluding carboxylic acids is 1. The summed E-state index contributed by atoms with van der Waals surface area (Å²) < 4.78 is 18.4. The van der Waals surface area contributed by atoms with E-state index in [1.807, 2.05) is 54.2 Å². The molecule has 0 fully saturated rings. The van der Waals surface area contributed by atoms with Gasteiger partial charge in [-0.15, -0.1) is 0 Å². The van der Waals surface area contributed by atoms with Crippen LogP contribution in [0, 0.1) is 6.92 Å². The number of nitrogens with zero attached hydrogens (tertiary/aromatic N) is 3.